The third kappa shape index (κ3) is 5.11. The Kier molecular flexibility index (Phi) is 5.88. The van der Waals surface area contributed by atoms with Crippen LogP contribution >= 0.6 is 0 Å². The number of carbonyl (C=O) groups excluding carboxylic acids is 1. The number of hydrogen-bond acceptors (Lipinski definition) is 3. The quantitative estimate of drug-likeness (QED) is 0.657. The first-order valence-electron chi connectivity index (χ1n) is 8.62. The number of nitrogens with one attached hydrogen (secondary N) is 2. The van der Waals surface area contributed by atoms with Crippen molar-refractivity contribution < 1.29 is 9.53 Å². The molecule has 26 heavy (non-hydrogen) atoms. The van der Waals surface area contributed by atoms with Crippen molar-refractivity contribution in [2.75, 3.05) is 5.32 Å². The summed E-state index contributed by atoms with van der Waals surface area (Å²) < 4.78 is 5.77. The van der Waals surface area contributed by atoms with E-state index in [4.69, 9.17) is 4.74 Å². The molecule has 0 fully saturated rings. The SMILES string of the molecule is C[C@H](Nc1ccc(Oc2ccccc2)cc1)C(=O)NCc1ccccc1. The first-order valence-corrected chi connectivity index (χ1v) is 8.62. The number of amides is 1. The van der Waals surface area contributed by atoms with Crippen molar-refractivity contribution in [1.29, 1.82) is 0 Å². The van der Waals surface area contributed by atoms with Gasteiger partial charge in [-0.25, -0.2) is 0 Å². The van der Waals surface area contributed by atoms with E-state index in [1.165, 1.54) is 0 Å². The number of rotatable bonds is 7. The smallest absolute Gasteiger partial charge is 0.242 e. The molecule has 4 nitrogen and oxygen atoms in total. The summed E-state index contributed by atoms with van der Waals surface area (Å²) in [5, 5.41) is 6.14. The molecule has 0 heterocycles. The summed E-state index contributed by atoms with van der Waals surface area (Å²) in [4.78, 5) is 12.2. The Morgan fingerprint density at radius 2 is 1.42 bits per heavy atom. The third-order valence-electron chi connectivity index (χ3n) is 3.92. The molecule has 132 valence electrons. The summed E-state index contributed by atoms with van der Waals surface area (Å²) in [6.07, 6.45) is 0. The molecule has 3 aromatic rings. The van der Waals surface area contributed by atoms with Gasteiger partial charge >= 0.3 is 0 Å². The topological polar surface area (TPSA) is 50.4 Å². The number of benzene rings is 3. The standard InChI is InChI=1S/C22H22N2O2/c1-17(22(25)23-16-18-8-4-2-5-9-18)24-19-12-14-21(15-13-19)26-20-10-6-3-7-11-20/h2-15,17,24H,16H2,1H3,(H,23,25)/t17-/m0/s1. The van der Waals surface area contributed by atoms with E-state index in [9.17, 15) is 4.79 Å². The molecule has 0 aliphatic carbocycles. The van der Waals surface area contributed by atoms with Crippen LogP contribution in [0.15, 0.2) is 84.9 Å². The summed E-state index contributed by atoms with van der Waals surface area (Å²) in [6, 6.07) is 26.7. The molecule has 0 unspecified atom stereocenters. The molecule has 3 aromatic carbocycles. The zero-order valence-corrected chi connectivity index (χ0v) is 14.7. The molecular weight excluding hydrogens is 324 g/mol. The lowest BCUT2D eigenvalue weighted by Gasteiger charge is -2.16. The summed E-state index contributed by atoms with van der Waals surface area (Å²) in [5.41, 5.74) is 1.95. The first kappa shape index (κ1) is 17.5. The number of carbonyl (C=O) groups is 1. The van der Waals surface area contributed by atoms with Crippen LogP contribution in [-0.4, -0.2) is 11.9 Å². The van der Waals surface area contributed by atoms with Gasteiger partial charge in [-0.1, -0.05) is 48.5 Å². The van der Waals surface area contributed by atoms with Crippen LogP contribution in [0, 0.1) is 0 Å². The Balaban J connectivity index is 1.50. The minimum Gasteiger partial charge on any atom is -0.457 e. The van der Waals surface area contributed by atoms with Crippen molar-refractivity contribution in [2.45, 2.75) is 19.5 Å². The van der Waals surface area contributed by atoms with Gasteiger partial charge in [0.15, 0.2) is 0 Å². The summed E-state index contributed by atoms with van der Waals surface area (Å²) in [7, 11) is 0. The molecule has 0 radical (unpaired) electrons. The molecule has 0 aromatic heterocycles. The minimum atomic E-state index is -0.334. The molecule has 1 amide bonds. The van der Waals surface area contributed by atoms with Gasteiger partial charge in [0.2, 0.25) is 5.91 Å². The number of anilines is 1. The average molecular weight is 346 g/mol. The molecule has 2 N–H and O–H groups in total. The fourth-order valence-electron chi connectivity index (χ4n) is 2.50. The fourth-order valence-corrected chi connectivity index (χ4v) is 2.50. The predicted molar refractivity (Wildman–Crippen MR) is 104 cm³/mol. The Morgan fingerprint density at radius 3 is 2.08 bits per heavy atom. The monoisotopic (exact) mass is 346 g/mol. The number of ether oxygens (including phenoxy) is 1. The minimum absolute atomic E-state index is 0.0431. The van der Waals surface area contributed by atoms with E-state index in [0.29, 0.717) is 6.54 Å². The van der Waals surface area contributed by atoms with Crippen molar-refractivity contribution in [2.24, 2.45) is 0 Å². The Labute approximate surface area is 153 Å². The molecule has 0 saturated carbocycles. The molecule has 0 aliphatic rings. The maximum absolute atomic E-state index is 12.2. The first-order chi connectivity index (χ1) is 12.7. The van der Waals surface area contributed by atoms with Gasteiger partial charge in [-0.3, -0.25) is 4.79 Å². The van der Waals surface area contributed by atoms with E-state index in [0.717, 1.165) is 22.7 Å². The Hall–Kier alpha value is -3.27. The van der Waals surface area contributed by atoms with Gasteiger partial charge < -0.3 is 15.4 Å². The molecule has 0 saturated heterocycles. The van der Waals surface area contributed by atoms with Crippen molar-refractivity contribution in [3.8, 4) is 11.5 Å². The van der Waals surface area contributed by atoms with Gasteiger partial charge in [-0.15, -0.1) is 0 Å². The highest BCUT2D eigenvalue weighted by atomic mass is 16.5. The van der Waals surface area contributed by atoms with Crippen molar-refractivity contribution in [1.82, 2.24) is 5.32 Å². The van der Waals surface area contributed by atoms with Gasteiger partial charge in [0.05, 0.1) is 0 Å². The second kappa shape index (κ2) is 8.72. The molecule has 3 rings (SSSR count). The van der Waals surface area contributed by atoms with Crippen LogP contribution < -0.4 is 15.4 Å². The van der Waals surface area contributed by atoms with E-state index < -0.39 is 0 Å². The van der Waals surface area contributed by atoms with Crippen LogP contribution in [0.25, 0.3) is 0 Å². The van der Waals surface area contributed by atoms with Gasteiger partial charge in [0.25, 0.3) is 0 Å². The third-order valence-corrected chi connectivity index (χ3v) is 3.92. The molecule has 0 aliphatic heterocycles. The van der Waals surface area contributed by atoms with Gasteiger partial charge in [-0.05, 0) is 48.9 Å². The number of hydrogen-bond donors (Lipinski definition) is 2. The van der Waals surface area contributed by atoms with Gasteiger partial charge in [0, 0.05) is 12.2 Å². The van der Waals surface area contributed by atoms with E-state index in [1.54, 1.807) is 0 Å². The maximum Gasteiger partial charge on any atom is 0.242 e. The summed E-state index contributed by atoms with van der Waals surface area (Å²) in [5.74, 6) is 1.50. The largest absolute Gasteiger partial charge is 0.457 e. The second-order valence-corrected chi connectivity index (χ2v) is 6.01. The van der Waals surface area contributed by atoms with Gasteiger partial charge in [-0.2, -0.15) is 0 Å². The highest BCUT2D eigenvalue weighted by Crippen LogP contribution is 2.22. The zero-order valence-electron chi connectivity index (χ0n) is 14.7. The normalized spacial score (nSPS) is 11.4. The molecule has 0 bridgehead atoms. The lowest BCUT2D eigenvalue weighted by Crippen LogP contribution is -2.37. The van der Waals surface area contributed by atoms with E-state index in [1.807, 2.05) is 91.9 Å². The molecule has 4 heteroatoms. The zero-order chi connectivity index (χ0) is 18.2. The lowest BCUT2D eigenvalue weighted by molar-refractivity contribution is -0.121. The predicted octanol–water partition coefficient (Wildman–Crippen LogP) is 4.60. The van der Waals surface area contributed by atoms with Crippen molar-refractivity contribution in [3.63, 3.8) is 0 Å². The number of para-hydroxylation sites is 1. The van der Waals surface area contributed by atoms with Crippen molar-refractivity contribution in [3.05, 3.63) is 90.5 Å². The van der Waals surface area contributed by atoms with Gasteiger partial charge in [0.1, 0.15) is 17.5 Å². The maximum atomic E-state index is 12.2. The van der Waals surface area contributed by atoms with Crippen LogP contribution in [-0.2, 0) is 11.3 Å². The fraction of sp³-hybridized carbons (Fsp3) is 0.136. The van der Waals surface area contributed by atoms with Crippen LogP contribution in [0.3, 0.4) is 0 Å². The lowest BCUT2D eigenvalue weighted by atomic mass is 10.2. The molecule has 0 spiro atoms. The Morgan fingerprint density at radius 1 is 0.846 bits per heavy atom. The molecule has 1 atom stereocenters. The van der Waals surface area contributed by atoms with Crippen LogP contribution in [0.2, 0.25) is 0 Å². The van der Waals surface area contributed by atoms with E-state index >= 15 is 0 Å². The summed E-state index contributed by atoms with van der Waals surface area (Å²) in [6.45, 7) is 2.37. The average Bonchev–Trinajstić information content (AvgIpc) is 2.69. The van der Waals surface area contributed by atoms with Crippen LogP contribution in [0.1, 0.15) is 12.5 Å². The van der Waals surface area contributed by atoms with Crippen LogP contribution in [0.4, 0.5) is 5.69 Å². The highest BCUT2D eigenvalue weighted by Gasteiger charge is 2.12. The second-order valence-electron chi connectivity index (χ2n) is 6.01. The van der Waals surface area contributed by atoms with E-state index in [-0.39, 0.29) is 11.9 Å². The van der Waals surface area contributed by atoms with Crippen molar-refractivity contribution >= 4 is 11.6 Å². The Bertz CT molecular complexity index is 818. The van der Waals surface area contributed by atoms with Crippen LogP contribution in [0.5, 0.6) is 11.5 Å². The van der Waals surface area contributed by atoms with E-state index in [2.05, 4.69) is 10.6 Å². The highest BCUT2D eigenvalue weighted by molar-refractivity contribution is 5.84. The summed E-state index contributed by atoms with van der Waals surface area (Å²) >= 11 is 0. The molecular formula is C22H22N2O2.